The number of phenols is 1. The second kappa shape index (κ2) is 6.91. The van der Waals surface area contributed by atoms with Gasteiger partial charge in [0.2, 0.25) is 0 Å². The molecule has 0 saturated carbocycles. The van der Waals surface area contributed by atoms with Gasteiger partial charge in [0.25, 0.3) is 0 Å². The number of rotatable bonds is 4. The molecule has 0 radical (unpaired) electrons. The van der Waals surface area contributed by atoms with E-state index in [2.05, 4.69) is 5.10 Å². The number of aromatic hydroxyl groups is 1. The Kier molecular flexibility index (Phi) is 4.76. The molecule has 0 aliphatic rings. The van der Waals surface area contributed by atoms with Crippen LogP contribution in [0, 0.1) is 0 Å². The van der Waals surface area contributed by atoms with E-state index in [1.165, 1.54) is 6.07 Å². The number of nitrogens with zero attached hydrogens (tertiary/aromatic N) is 3. The first-order valence-corrected chi connectivity index (χ1v) is 8.09. The number of anilines is 1. The molecule has 9 heteroatoms. The quantitative estimate of drug-likeness (QED) is 0.702. The fourth-order valence-corrected chi connectivity index (χ4v) is 2.68. The highest BCUT2D eigenvalue weighted by Gasteiger charge is 2.35. The highest BCUT2D eigenvalue weighted by atomic mass is 19.4. The van der Waals surface area contributed by atoms with Gasteiger partial charge in [-0.25, -0.2) is 9.48 Å². The molecule has 28 heavy (non-hydrogen) atoms. The van der Waals surface area contributed by atoms with E-state index < -0.39 is 29.2 Å². The first-order valence-electron chi connectivity index (χ1n) is 8.09. The van der Waals surface area contributed by atoms with Gasteiger partial charge in [0.05, 0.1) is 11.4 Å². The van der Waals surface area contributed by atoms with Crippen molar-refractivity contribution in [2.75, 3.05) is 19.0 Å². The highest BCUT2D eigenvalue weighted by molar-refractivity contribution is 5.91. The van der Waals surface area contributed by atoms with Gasteiger partial charge in [0.15, 0.2) is 5.69 Å². The van der Waals surface area contributed by atoms with Crippen LogP contribution < -0.4 is 4.90 Å². The second-order valence-electron chi connectivity index (χ2n) is 6.27. The zero-order valence-corrected chi connectivity index (χ0v) is 14.9. The molecule has 0 saturated heterocycles. The predicted molar refractivity (Wildman–Crippen MR) is 97.0 cm³/mol. The summed E-state index contributed by atoms with van der Waals surface area (Å²) in [7, 11) is 3.68. The van der Waals surface area contributed by atoms with Crippen molar-refractivity contribution in [1.82, 2.24) is 9.78 Å². The minimum absolute atomic E-state index is 0.0809. The summed E-state index contributed by atoms with van der Waals surface area (Å²) in [6, 6.07) is 11.2. The number of benzene rings is 2. The third kappa shape index (κ3) is 3.64. The van der Waals surface area contributed by atoms with Gasteiger partial charge in [-0.05, 0) is 36.4 Å². The zero-order chi connectivity index (χ0) is 20.6. The van der Waals surface area contributed by atoms with Gasteiger partial charge in [0, 0.05) is 25.3 Å². The molecule has 0 amide bonds. The van der Waals surface area contributed by atoms with E-state index in [9.17, 15) is 23.1 Å². The number of hydrogen-bond acceptors (Lipinski definition) is 4. The van der Waals surface area contributed by atoms with Gasteiger partial charge in [0.1, 0.15) is 11.3 Å². The fraction of sp³-hybridized carbons (Fsp3) is 0.158. The summed E-state index contributed by atoms with van der Waals surface area (Å²) in [6.45, 7) is 0. The smallest absolute Gasteiger partial charge is 0.435 e. The van der Waals surface area contributed by atoms with Crippen LogP contribution in [0.2, 0.25) is 0 Å². The molecule has 3 rings (SSSR count). The number of alkyl halides is 3. The number of aromatic nitrogens is 2. The molecule has 1 heterocycles. The van der Waals surface area contributed by atoms with E-state index >= 15 is 0 Å². The Morgan fingerprint density at radius 2 is 1.71 bits per heavy atom. The van der Waals surface area contributed by atoms with Crippen LogP contribution in [0.5, 0.6) is 5.75 Å². The lowest BCUT2D eigenvalue weighted by Crippen LogP contribution is -2.08. The number of aromatic carboxylic acids is 1. The van der Waals surface area contributed by atoms with Crippen LogP contribution in [0.15, 0.2) is 48.5 Å². The van der Waals surface area contributed by atoms with Crippen LogP contribution in [-0.4, -0.2) is 40.1 Å². The Balaban J connectivity index is 2.19. The van der Waals surface area contributed by atoms with Crippen LogP contribution >= 0.6 is 0 Å². The molecule has 0 aliphatic heterocycles. The third-order valence-electron chi connectivity index (χ3n) is 4.13. The molecule has 2 N–H and O–H groups in total. The van der Waals surface area contributed by atoms with Gasteiger partial charge in [-0.3, -0.25) is 0 Å². The average molecular weight is 391 g/mol. The number of halogens is 3. The summed E-state index contributed by atoms with van der Waals surface area (Å²) in [5, 5.41) is 22.4. The van der Waals surface area contributed by atoms with E-state index in [1.807, 2.05) is 19.0 Å². The van der Waals surface area contributed by atoms with Crippen LogP contribution in [0.4, 0.5) is 18.9 Å². The Morgan fingerprint density at radius 3 is 2.25 bits per heavy atom. The van der Waals surface area contributed by atoms with Crippen molar-refractivity contribution in [1.29, 1.82) is 0 Å². The van der Waals surface area contributed by atoms with Crippen molar-refractivity contribution in [3.63, 3.8) is 0 Å². The molecule has 0 unspecified atom stereocenters. The molecule has 2 aromatic carbocycles. The van der Waals surface area contributed by atoms with E-state index in [-0.39, 0.29) is 11.4 Å². The normalized spacial score (nSPS) is 11.5. The predicted octanol–water partition coefficient (Wildman–Crippen LogP) is 4.03. The summed E-state index contributed by atoms with van der Waals surface area (Å²) in [4.78, 5) is 13.1. The van der Waals surface area contributed by atoms with Crippen molar-refractivity contribution in [3.8, 4) is 22.7 Å². The van der Waals surface area contributed by atoms with Gasteiger partial charge < -0.3 is 15.1 Å². The minimum atomic E-state index is -4.67. The molecule has 6 nitrogen and oxygen atoms in total. The summed E-state index contributed by atoms with van der Waals surface area (Å²) in [6.07, 6.45) is -4.67. The average Bonchev–Trinajstić information content (AvgIpc) is 3.07. The number of carboxylic acid groups (broad SMARTS) is 1. The highest BCUT2D eigenvalue weighted by Crippen LogP contribution is 2.34. The van der Waals surface area contributed by atoms with Crippen LogP contribution in [-0.2, 0) is 6.18 Å². The van der Waals surface area contributed by atoms with E-state index in [1.54, 1.807) is 24.3 Å². The number of carbonyl (C=O) groups is 1. The second-order valence-corrected chi connectivity index (χ2v) is 6.27. The lowest BCUT2D eigenvalue weighted by Gasteiger charge is -2.13. The monoisotopic (exact) mass is 391 g/mol. The number of carboxylic acids is 1. The van der Waals surface area contributed by atoms with Crippen LogP contribution in [0.1, 0.15) is 16.1 Å². The Labute approximate surface area is 158 Å². The van der Waals surface area contributed by atoms with Crippen LogP contribution in [0.25, 0.3) is 16.9 Å². The lowest BCUT2D eigenvalue weighted by atomic mass is 10.1. The molecule has 0 atom stereocenters. The van der Waals surface area contributed by atoms with Crippen molar-refractivity contribution in [2.24, 2.45) is 0 Å². The van der Waals surface area contributed by atoms with Crippen LogP contribution in [0.3, 0.4) is 0 Å². The lowest BCUT2D eigenvalue weighted by molar-refractivity contribution is -0.141. The standard InChI is InChI=1S/C19H16F3N3O3/c1-24(2)12-5-3-11(4-6-12)15-10-17(19(20,21)22)23-25(15)13-7-8-16(26)14(9-13)18(27)28/h3-10,26H,1-2H3,(H,27,28). The topological polar surface area (TPSA) is 78.6 Å². The fourth-order valence-electron chi connectivity index (χ4n) is 2.68. The largest absolute Gasteiger partial charge is 0.507 e. The summed E-state index contributed by atoms with van der Waals surface area (Å²) in [5.74, 6) is -1.89. The maximum Gasteiger partial charge on any atom is 0.435 e. The van der Waals surface area contributed by atoms with E-state index in [4.69, 9.17) is 5.11 Å². The van der Waals surface area contributed by atoms with Gasteiger partial charge in [-0.15, -0.1) is 0 Å². The molecule has 0 spiro atoms. The summed E-state index contributed by atoms with van der Waals surface area (Å²) >= 11 is 0. The molecule has 146 valence electrons. The van der Waals surface area contributed by atoms with Gasteiger partial charge in [-0.2, -0.15) is 18.3 Å². The maximum absolute atomic E-state index is 13.2. The van der Waals surface area contributed by atoms with Gasteiger partial charge in [-0.1, -0.05) is 12.1 Å². The van der Waals surface area contributed by atoms with Crippen molar-refractivity contribution >= 4 is 11.7 Å². The Hall–Kier alpha value is -3.49. The third-order valence-corrected chi connectivity index (χ3v) is 4.13. The van der Waals surface area contributed by atoms with E-state index in [0.29, 0.717) is 5.56 Å². The van der Waals surface area contributed by atoms with Gasteiger partial charge >= 0.3 is 12.1 Å². The Bertz CT molecular complexity index is 1030. The molecular formula is C19H16F3N3O3. The zero-order valence-electron chi connectivity index (χ0n) is 14.9. The first-order chi connectivity index (χ1) is 13.1. The molecule has 0 fully saturated rings. The number of hydrogen-bond donors (Lipinski definition) is 2. The molecule has 3 aromatic rings. The van der Waals surface area contributed by atoms with Crippen molar-refractivity contribution in [3.05, 3.63) is 59.8 Å². The first kappa shape index (κ1) is 19.3. The SMILES string of the molecule is CN(C)c1ccc(-c2cc(C(F)(F)F)nn2-c2ccc(O)c(C(=O)O)c2)cc1. The summed E-state index contributed by atoms with van der Waals surface area (Å²) in [5.41, 5.74) is 0.0128. The van der Waals surface area contributed by atoms with Crippen molar-refractivity contribution in [2.45, 2.75) is 6.18 Å². The molecule has 0 bridgehead atoms. The Morgan fingerprint density at radius 1 is 1.07 bits per heavy atom. The molecule has 0 aliphatic carbocycles. The summed E-state index contributed by atoms with van der Waals surface area (Å²) < 4.78 is 40.7. The minimum Gasteiger partial charge on any atom is -0.507 e. The molecule has 1 aromatic heterocycles. The van der Waals surface area contributed by atoms with Crippen molar-refractivity contribution < 1.29 is 28.2 Å². The molecular weight excluding hydrogens is 375 g/mol. The maximum atomic E-state index is 13.2. The van der Waals surface area contributed by atoms with E-state index in [0.717, 1.165) is 28.6 Å².